The summed E-state index contributed by atoms with van der Waals surface area (Å²) in [6, 6.07) is 5.72. The second kappa shape index (κ2) is 7.81. The average molecular weight is 384 g/mol. The van der Waals surface area contributed by atoms with Crippen molar-refractivity contribution < 1.29 is 19.4 Å². The summed E-state index contributed by atoms with van der Waals surface area (Å²) in [5.74, 6) is -0.481. The first-order valence-corrected chi connectivity index (χ1v) is 8.60. The van der Waals surface area contributed by atoms with Crippen molar-refractivity contribution in [3.63, 3.8) is 0 Å². The Morgan fingerprint density at radius 1 is 1.43 bits per heavy atom. The summed E-state index contributed by atoms with van der Waals surface area (Å²) in [5.41, 5.74) is 1.04. The number of ether oxygens (including phenoxy) is 1. The van der Waals surface area contributed by atoms with Crippen LogP contribution in [0.2, 0.25) is 0 Å². The zero-order chi connectivity index (χ0) is 17.0. The number of likely N-dealkylation sites (tertiary alicyclic amines) is 1. The topological polar surface area (TPSA) is 66.8 Å². The minimum atomic E-state index is -0.835. The zero-order valence-corrected chi connectivity index (χ0v) is 15.0. The quantitative estimate of drug-likeness (QED) is 0.846. The molecule has 6 heteroatoms. The molecule has 1 aliphatic rings. The molecule has 1 heterocycles. The van der Waals surface area contributed by atoms with Crippen LogP contribution >= 0.6 is 15.9 Å². The third-order valence-electron chi connectivity index (χ3n) is 4.07. The molecule has 1 fully saturated rings. The number of carboxylic acids is 1. The molecule has 5 nitrogen and oxygen atoms in total. The Balaban J connectivity index is 1.98. The molecule has 0 spiro atoms. The second-order valence-corrected chi connectivity index (χ2v) is 7.06. The van der Waals surface area contributed by atoms with Crippen molar-refractivity contribution in [3.8, 4) is 5.75 Å². The van der Waals surface area contributed by atoms with E-state index in [2.05, 4.69) is 29.8 Å². The summed E-state index contributed by atoms with van der Waals surface area (Å²) in [5, 5.41) is 9.10. The molecule has 2 rings (SSSR count). The van der Waals surface area contributed by atoms with Crippen LogP contribution in [-0.2, 0) is 9.59 Å². The fourth-order valence-corrected chi connectivity index (χ4v) is 3.12. The first kappa shape index (κ1) is 17.8. The van der Waals surface area contributed by atoms with Crippen LogP contribution < -0.4 is 4.74 Å². The lowest BCUT2D eigenvalue weighted by Gasteiger charge is -2.30. The van der Waals surface area contributed by atoms with E-state index in [0.29, 0.717) is 18.7 Å². The maximum atomic E-state index is 12.3. The van der Waals surface area contributed by atoms with Gasteiger partial charge < -0.3 is 14.7 Å². The number of hydrogen-bond acceptors (Lipinski definition) is 3. The molecule has 1 aliphatic heterocycles. The van der Waals surface area contributed by atoms with Crippen LogP contribution in [0.4, 0.5) is 0 Å². The highest BCUT2D eigenvalue weighted by molar-refractivity contribution is 9.10. The molecule has 126 valence electrons. The van der Waals surface area contributed by atoms with Crippen LogP contribution in [0, 0.1) is 5.92 Å². The van der Waals surface area contributed by atoms with Crippen LogP contribution in [0.25, 0.3) is 0 Å². The third kappa shape index (κ3) is 4.70. The van der Waals surface area contributed by atoms with Crippen LogP contribution in [0.1, 0.15) is 38.2 Å². The predicted molar refractivity (Wildman–Crippen MR) is 90.7 cm³/mol. The van der Waals surface area contributed by atoms with Gasteiger partial charge in [0.1, 0.15) is 5.75 Å². The Labute approximate surface area is 144 Å². The van der Waals surface area contributed by atoms with Crippen LogP contribution in [0.3, 0.4) is 0 Å². The van der Waals surface area contributed by atoms with E-state index in [-0.39, 0.29) is 25.0 Å². The minimum absolute atomic E-state index is 0.0618. The van der Waals surface area contributed by atoms with Gasteiger partial charge in [0.15, 0.2) is 6.61 Å². The van der Waals surface area contributed by atoms with E-state index in [9.17, 15) is 9.59 Å². The van der Waals surface area contributed by atoms with Gasteiger partial charge in [-0.25, -0.2) is 0 Å². The van der Waals surface area contributed by atoms with Crippen molar-refractivity contribution in [1.29, 1.82) is 0 Å². The van der Waals surface area contributed by atoms with Crippen molar-refractivity contribution in [2.75, 3.05) is 19.7 Å². The number of carbonyl (C=O) groups is 2. The van der Waals surface area contributed by atoms with Gasteiger partial charge >= 0.3 is 5.97 Å². The van der Waals surface area contributed by atoms with Gasteiger partial charge in [0, 0.05) is 17.6 Å². The van der Waals surface area contributed by atoms with Crippen molar-refractivity contribution >= 4 is 27.8 Å². The summed E-state index contributed by atoms with van der Waals surface area (Å²) in [6.45, 7) is 4.95. The van der Waals surface area contributed by atoms with Gasteiger partial charge in [-0.3, -0.25) is 9.59 Å². The lowest BCUT2D eigenvalue weighted by molar-refractivity contribution is -0.146. The summed E-state index contributed by atoms with van der Waals surface area (Å²) in [7, 11) is 0. The van der Waals surface area contributed by atoms with E-state index in [4.69, 9.17) is 9.84 Å². The number of rotatable bonds is 5. The van der Waals surface area contributed by atoms with E-state index in [0.717, 1.165) is 16.5 Å². The van der Waals surface area contributed by atoms with Gasteiger partial charge in [0.2, 0.25) is 0 Å². The van der Waals surface area contributed by atoms with Crippen LogP contribution in [0.15, 0.2) is 22.7 Å². The Kier molecular flexibility index (Phi) is 6.04. The number of carboxylic acid groups (broad SMARTS) is 1. The molecule has 1 aromatic carbocycles. The molecule has 0 bridgehead atoms. The molecule has 1 aromatic rings. The lowest BCUT2D eigenvalue weighted by atomic mass is 9.98. The molecule has 1 amide bonds. The number of benzene rings is 1. The van der Waals surface area contributed by atoms with Crippen molar-refractivity contribution in [2.24, 2.45) is 5.92 Å². The lowest BCUT2D eigenvalue weighted by Crippen LogP contribution is -2.44. The maximum Gasteiger partial charge on any atom is 0.308 e. The normalized spacial score (nSPS) is 18.1. The standard InChI is InChI=1S/C17H22BrNO4/c1-11(2)14-8-13(18)5-6-15(14)23-10-16(20)19-7-3-4-12(9-19)17(21)22/h5-6,8,11-12H,3-4,7,9-10H2,1-2H3,(H,21,22). The van der Waals surface area contributed by atoms with Gasteiger partial charge in [-0.05, 0) is 42.5 Å². The Bertz CT molecular complexity index is 588. The largest absolute Gasteiger partial charge is 0.483 e. The first-order valence-electron chi connectivity index (χ1n) is 7.81. The summed E-state index contributed by atoms with van der Waals surface area (Å²) in [6.07, 6.45) is 1.35. The summed E-state index contributed by atoms with van der Waals surface area (Å²) < 4.78 is 6.68. The number of nitrogens with zero attached hydrogens (tertiary/aromatic N) is 1. The number of carbonyl (C=O) groups excluding carboxylic acids is 1. The van der Waals surface area contributed by atoms with E-state index < -0.39 is 11.9 Å². The number of halogens is 1. The summed E-state index contributed by atoms with van der Waals surface area (Å²) in [4.78, 5) is 25.0. The minimum Gasteiger partial charge on any atom is -0.483 e. The monoisotopic (exact) mass is 383 g/mol. The zero-order valence-electron chi connectivity index (χ0n) is 13.4. The van der Waals surface area contributed by atoms with Gasteiger partial charge in [-0.15, -0.1) is 0 Å². The molecule has 1 N–H and O–H groups in total. The van der Waals surface area contributed by atoms with Gasteiger partial charge in [0.05, 0.1) is 5.92 Å². The molecule has 0 aliphatic carbocycles. The van der Waals surface area contributed by atoms with E-state index in [1.54, 1.807) is 4.90 Å². The number of piperidine rings is 1. The third-order valence-corrected chi connectivity index (χ3v) is 4.56. The molecular weight excluding hydrogens is 362 g/mol. The molecule has 0 radical (unpaired) electrons. The number of amides is 1. The van der Waals surface area contributed by atoms with Crippen molar-refractivity contribution in [2.45, 2.75) is 32.6 Å². The molecule has 1 unspecified atom stereocenters. The molecule has 23 heavy (non-hydrogen) atoms. The fourth-order valence-electron chi connectivity index (χ4n) is 2.74. The van der Waals surface area contributed by atoms with Gasteiger partial charge in [-0.1, -0.05) is 29.8 Å². The van der Waals surface area contributed by atoms with Gasteiger partial charge in [-0.2, -0.15) is 0 Å². The molecular formula is C17H22BrNO4. The molecule has 0 aromatic heterocycles. The highest BCUT2D eigenvalue weighted by Gasteiger charge is 2.28. The van der Waals surface area contributed by atoms with Crippen molar-refractivity contribution in [1.82, 2.24) is 4.90 Å². The first-order chi connectivity index (χ1) is 10.9. The molecule has 0 saturated carbocycles. The SMILES string of the molecule is CC(C)c1cc(Br)ccc1OCC(=O)N1CCCC(C(=O)O)C1. The van der Waals surface area contributed by atoms with Crippen LogP contribution in [0.5, 0.6) is 5.75 Å². The van der Waals surface area contributed by atoms with Gasteiger partial charge in [0.25, 0.3) is 5.91 Å². The second-order valence-electron chi connectivity index (χ2n) is 6.14. The van der Waals surface area contributed by atoms with E-state index in [1.807, 2.05) is 18.2 Å². The fraction of sp³-hybridized carbons (Fsp3) is 0.529. The smallest absolute Gasteiger partial charge is 0.308 e. The number of hydrogen-bond donors (Lipinski definition) is 1. The van der Waals surface area contributed by atoms with E-state index in [1.165, 1.54) is 0 Å². The summed E-state index contributed by atoms with van der Waals surface area (Å²) >= 11 is 3.44. The van der Waals surface area contributed by atoms with Crippen LogP contribution in [-0.4, -0.2) is 41.6 Å². The Hall–Kier alpha value is -1.56. The maximum absolute atomic E-state index is 12.3. The molecule has 1 atom stereocenters. The number of aliphatic carboxylic acids is 1. The van der Waals surface area contributed by atoms with E-state index >= 15 is 0 Å². The highest BCUT2D eigenvalue weighted by Crippen LogP contribution is 2.29. The highest BCUT2D eigenvalue weighted by atomic mass is 79.9. The van der Waals surface area contributed by atoms with Crippen molar-refractivity contribution in [3.05, 3.63) is 28.2 Å². The predicted octanol–water partition coefficient (Wildman–Crippen LogP) is 3.27. The Morgan fingerprint density at radius 3 is 2.83 bits per heavy atom. The molecule has 1 saturated heterocycles. The average Bonchev–Trinajstić information content (AvgIpc) is 2.53. The Morgan fingerprint density at radius 2 is 2.17 bits per heavy atom.